The zero-order valence-electron chi connectivity index (χ0n) is 10.5. The first-order valence-corrected chi connectivity index (χ1v) is 6.37. The summed E-state index contributed by atoms with van der Waals surface area (Å²) in [5.74, 6) is -1.18. The van der Waals surface area contributed by atoms with Crippen LogP contribution in [0.5, 0.6) is 0 Å². The van der Waals surface area contributed by atoms with Crippen molar-refractivity contribution < 1.29 is 17.5 Å². The van der Waals surface area contributed by atoms with E-state index in [-0.39, 0.29) is 4.91 Å². The van der Waals surface area contributed by atoms with Crippen LogP contribution in [0.15, 0.2) is 40.4 Å². The van der Waals surface area contributed by atoms with Gasteiger partial charge < -0.3 is 5.73 Å². The molecule has 102 valence electrons. The highest BCUT2D eigenvalue weighted by Gasteiger charge is 2.17. The molecule has 1 amide bonds. The van der Waals surface area contributed by atoms with E-state index in [1.165, 1.54) is 31.2 Å². The number of carbonyl (C=O) groups excluding carboxylic acids is 1. The Hall–Kier alpha value is -2.40. The molecule has 2 N–H and O–H groups in total. The Morgan fingerprint density at radius 2 is 2.05 bits per heavy atom. The van der Waals surface area contributed by atoms with Crippen LogP contribution in [0.1, 0.15) is 13.8 Å². The predicted molar refractivity (Wildman–Crippen MR) is 70.0 cm³/mol. The number of nitrogens with two attached hydrogens (primary N) is 1. The van der Waals surface area contributed by atoms with Crippen molar-refractivity contribution in [3.63, 3.8) is 0 Å². The fourth-order valence-electron chi connectivity index (χ4n) is 0.798. The molecule has 0 aliphatic carbocycles. The van der Waals surface area contributed by atoms with Crippen LogP contribution >= 0.6 is 0 Å². The third-order valence-corrected chi connectivity index (χ3v) is 2.89. The Morgan fingerprint density at radius 3 is 2.42 bits per heavy atom. The SMILES string of the molecule is C=C(C)/C=C\C(=C/C)S(=O)(=O)O/N=C(/C#N)C(N)=O. The first-order valence-electron chi connectivity index (χ1n) is 4.96. The van der Waals surface area contributed by atoms with Crippen molar-refractivity contribution >= 4 is 21.7 Å². The van der Waals surface area contributed by atoms with Crippen LogP contribution in [0.25, 0.3) is 0 Å². The van der Waals surface area contributed by atoms with Gasteiger partial charge in [0.15, 0.2) is 0 Å². The molecule has 0 atom stereocenters. The summed E-state index contributed by atoms with van der Waals surface area (Å²) in [6, 6.07) is 1.32. The van der Waals surface area contributed by atoms with Gasteiger partial charge >= 0.3 is 10.1 Å². The molecule has 0 aromatic rings. The quantitative estimate of drug-likeness (QED) is 0.437. The molecule has 0 fully saturated rings. The zero-order chi connectivity index (χ0) is 15.1. The number of rotatable bonds is 6. The standard InChI is InChI=1S/C11H13N3O4S/c1-4-9(6-5-8(2)3)19(16,17)18-14-10(7-12)11(13)15/h4-6H,2H2,1,3H3,(H2,13,15)/b6-5-,9-4+,14-10-. The Kier molecular flexibility index (Phi) is 6.23. The number of amides is 1. The number of nitrogens with zero attached hydrogens (tertiary/aromatic N) is 2. The number of carbonyl (C=O) groups is 1. The average molecular weight is 283 g/mol. The van der Waals surface area contributed by atoms with E-state index in [1.807, 2.05) is 0 Å². The van der Waals surface area contributed by atoms with Gasteiger partial charge in [-0.3, -0.25) is 9.08 Å². The summed E-state index contributed by atoms with van der Waals surface area (Å²) in [5.41, 5.74) is 4.56. The lowest BCUT2D eigenvalue weighted by Gasteiger charge is -2.01. The highest BCUT2D eigenvalue weighted by Crippen LogP contribution is 2.12. The highest BCUT2D eigenvalue weighted by atomic mass is 32.2. The molecule has 0 aromatic heterocycles. The number of hydrogen-bond donors (Lipinski definition) is 1. The summed E-state index contributed by atoms with van der Waals surface area (Å²) in [7, 11) is -4.22. The summed E-state index contributed by atoms with van der Waals surface area (Å²) in [4.78, 5) is 10.5. The van der Waals surface area contributed by atoms with Crippen LogP contribution in [-0.2, 0) is 19.2 Å². The third-order valence-electron chi connectivity index (χ3n) is 1.67. The number of primary amides is 1. The van der Waals surface area contributed by atoms with Gasteiger partial charge in [-0.25, -0.2) is 0 Å². The molecular formula is C11H13N3O4S. The highest BCUT2D eigenvalue weighted by molar-refractivity contribution is 7.90. The average Bonchev–Trinajstić information content (AvgIpc) is 2.29. The largest absolute Gasteiger partial charge is 0.364 e. The van der Waals surface area contributed by atoms with E-state index < -0.39 is 21.7 Å². The van der Waals surface area contributed by atoms with Gasteiger partial charge in [-0.2, -0.15) is 13.7 Å². The summed E-state index contributed by atoms with van der Waals surface area (Å²) in [6.45, 7) is 6.72. The maximum atomic E-state index is 11.7. The maximum absolute atomic E-state index is 11.7. The van der Waals surface area contributed by atoms with Gasteiger partial charge in [0.25, 0.3) is 5.91 Å². The lowest BCUT2D eigenvalue weighted by atomic mass is 10.3. The molecule has 0 aliphatic heterocycles. The van der Waals surface area contributed by atoms with E-state index >= 15 is 0 Å². The van der Waals surface area contributed by atoms with Crippen molar-refractivity contribution in [3.05, 3.63) is 35.3 Å². The smallest absolute Gasteiger partial charge is 0.358 e. The molecule has 0 radical (unpaired) electrons. The van der Waals surface area contributed by atoms with Crippen LogP contribution in [0.3, 0.4) is 0 Å². The molecule has 0 aliphatic rings. The molecule has 0 saturated heterocycles. The third kappa shape index (κ3) is 5.65. The van der Waals surface area contributed by atoms with E-state index in [2.05, 4.69) is 16.0 Å². The Balaban J connectivity index is 5.25. The lowest BCUT2D eigenvalue weighted by molar-refractivity contribution is -0.111. The summed E-state index contributed by atoms with van der Waals surface area (Å²) < 4.78 is 27.6. The van der Waals surface area contributed by atoms with Gasteiger partial charge in [-0.05, 0) is 25.1 Å². The minimum atomic E-state index is -4.22. The predicted octanol–water partition coefficient (Wildman–Crippen LogP) is 0.734. The van der Waals surface area contributed by atoms with Crippen molar-refractivity contribution in [2.75, 3.05) is 0 Å². The molecule has 0 aromatic carbocycles. The second-order valence-corrected chi connectivity index (χ2v) is 4.84. The van der Waals surface area contributed by atoms with Gasteiger partial charge in [0, 0.05) is 0 Å². The molecule has 19 heavy (non-hydrogen) atoms. The van der Waals surface area contributed by atoms with Crippen molar-refractivity contribution in [1.29, 1.82) is 5.26 Å². The molecule has 7 nitrogen and oxygen atoms in total. The van der Waals surface area contributed by atoms with Gasteiger partial charge in [0.1, 0.15) is 11.0 Å². The van der Waals surface area contributed by atoms with Crippen molar-refractivity contribution in [3.8, 4) is 6.07 Å². The van der Waals surface area contributed by atoms with Crippen LogP contribution in [0, 0.1) is 11.3 Å². The van der Waals surface area contributed by atoms with Crippen LogP contribution in [-0.4, -0.2) is 20.0 Å². The van der Waals surface area contributed by atoms with Gasteiger partial charge in [0.05, 0.1) is 0 Å². The van der Waals surface area contributed by atoms with Gasteiger partial charge in [-0.15, -0.1) is 0 Å². The van der Waals surface area contributed by atoms with E-state index in [9.17, 15) is 13.2 Å². The normalized spacial score (nSPS) is 13.1. The first kappa shape index (κ1) is 16.6. The monoisotopic (exact) mass is 283 g/mol. The minimum Gasteiger partial charge on any atom is -0.364 e. The molecular weight excluding hydrogens is 270 g/mol. The van der Waals surface area contributed by atoms with Crippen LogP contribution in [0.2, 0.25) is 0 Å². The molecule has 0 rings (SSSR count). The summed E-state index contributed by atoms with van der Waals surface area (Å²) in [6.07, 6.45) is 3.98. The minimum absolute atomic E-state index is 0.194. The number of hydrogen-bond acceptors (Lipinski definition) is 6. The molecule has 8 heteroatoms. The Labute approximate surface area is 111 Å². The number of oxime groups is 1. The van der Waals surface area contributed by atoms with E-state index in [4.69, 9.17) is 11.0 Å². The Morgan fingerprint density at radius 1 is 1.47 bits per heavy atom. The first-order chi connectivity index (χ1) is 8.74. The molecule has 0 bridgehead atoms. The van der Waals surface area contributed by atoms with Crippen molar-refractivity contribution in [2.24, 2.45) is 10.9 Å². The zero-order valence-corrected chi connectivity index (χ0v) is 11.3. The second kappa shape index (κ2) is 7.13. The van der Waals surface area contributed by atoms with Crippen molar-refractivity contribution in [1.82, 2.24) is 0 Å². The van der Waals surface area contributed by atoms with Crippen LogP contribution < -0.4 is 5.73 Å². The molecule has 0 heterocycles. The van der Waals surface area contributed by atoms with E-state index in [0.717, 1.165) is 0 Å². The topological polar surface area (TPSA) is 123 Å². The fraction of sp³-hybridized carbons (Fsp3) is 0.182. The molecule has 0 saturated carbocycles. The van der Waals surface area contributed by atoms with E-state index in [0.29, 0.717) is 5.57 Å². The lowest BCUT2D eigenvalue weighted by Crippen LogP contribution is -2.22. The summed E-state index contributed by atoms with van der Waals surface area (Å²) >= 11 is 0. The Bertz CT molecular complexity index is 606. The summed E-state index contributed by atoms with van der Waals surface area (Å²) in [5, 5.41) is 11.4. The second-order valence-electron chi connectivity index (χ2n) is 3.32. The molecule has 0 spiro atoms. The van der Waals surface area contributed by atoms with Crippen molar-refractivity contribution in [2.45, 2.75) is 13.8 Å². The van der Waals surface area contributed by atoms with Gasteiger partial charge in [-0.1, -0.05) is 24.3 Å². The maximum Gasteiger partial charge on any atom is 0.358 e. The van der Waals surface area contributed by atoms with E-state index in [1.54, 1.807) is 6.92 Å². The number of nitriles is 1. The fourth-order valence-corrected chi connectivity index (χ4v) is 1.58. The van der Waals surface area contributed by atoms with Crippen LogP contribution in [0.4, 0.5) is 0 Å². The van der Waals surface area contributed by atoms with Gasteiger partial charge in [0.2, 0.25) is 5.71 Å². The number of allylic oxidation sites excluding steroid dienone is 4. The molecule has 0 unspecified atom stereocenters.